The van der Waals surface area contributed by atoms with Crippen LogP contribution in [0.4, 0.5) is 0 Å². The molecule has 0 saturated heterocycles. The van der Waals surface area contributed by atoms with Crippen LogP contribution in [0.3, 0.4) is 0 Å². The molecule has 0 atom stereocenters. The first-order valence-corrected chi connectivity index (χ1v) is 1.80. The zero-order valence-electron chi connectivity index (χ0n) is 3.94. The summed E-state index contributed by atoms with van der Waals surface area (Å²) in [6.07, 6.45) is 0. The molecule has 0 N–H and O–H groups in total. The van der Waals surface area contributed by atoms with Gasteiger partial charge in [-0.3, -0.25) is 0 Å². The van der Waals surface area contributed by atoms with Crippen molar-refractivity contribution in [1.29, 1.82) is 0 Å². The van der Waals surface area contributed by atoms with Crippen LogP contribution in [0, 0.1) is 6.92 Å². The SMILES string of the molecule is C=C=C([O-])OC[CH2+]. The first kappa shape index (κ1) is 5.99. The van der Waals surface area contributed by atoms with E-state index in [1.54, 1.807) is 0 Å². The molecule has 7 heavy (non-hydrogen) atoms. The third-order valence-electron chi connectivity index (χ3n) is 0.377. The van der Waals surface area contributed by atoms with E-state index in [0.29, 0.717) is 0 Å². The largest absolute Gasteiger partial charge is 0.569 e. The number of ether oxygens (including phenoxy) is 1. The minimum absolute atomic E-state index is 0.140. The van der Waals surface area contributed by atoms with Crippen molar-refractivity contribution in [1.82, 2.24) is 0 Å². The zero-order chi connectivity index (χ0) is 5.70. The van der Waals surface area contributed by atoms with Gasteiger partial charge in [0.05, 0.1) is 12.9 Å². The van der Waals surface area contributed by atoms with Crippen LogP contribution in [0.2, 0.25) is 0 Å². The Bertz CT molecular complexity index is 90.3. The van der Waals surface area contributed by atoms with Crippen LogP contribution in [0.25, 0.3) is 0 Å². The van der Waals surface area contributed by atoms with Gasteiger partial charge in [0.15, 0.2) is 0 Å². The molecular formula is C5H6O2. The molecule has 0 aromatic rings. The minimum atomic E-state index is -0.546. The van der Waals surface area contributed by atoms with E-state index >= 15 is 0 Å². The smallest absolute Gasteiger partial charge is 0.138 e. The summed E-state index contributed by atoms with van der Waals surface area (Å²) >= 11 is 0. The Morgan fingerprint density at radius 1 is 2.00 bits per heavy atom. The van der Waals surface area contributed by atoms with Crippen molar-refractivity contribution in [3.05, 3.63) is 25.2 Å². The highest BCUT2D eigenvalue weighted by atomic mass is 16.6. The standard InChI is InChI=1S/C5H6O2/c1-3-5(6)7-4-2/h1-2,4H2. The molecule has 0 aliphatic heterocycles. The van der Waals surface area contributed by atoms with E-state index in [0.717, 1.165) is 0 Å². The maximum Gasteiger partial charge on any atom is 0.138 e. The predicted octanol–water partition coefficient (Wildman–Crippen LogP) is -0.176. The fourth-order valence-corrected chi connectivity index (χ4v) is 0.144. The Labute approximate surface area is 42.7 Å². The van der Waals surface area contributed by atoms with E-state index in [1.807, 2.05) is 5.73 Å². The summed E-state index contributed by atoms with van der Waals surface area (Å²) in [5, 5.41) is 9.98. The summed E-state index contributed by atoms with van der Waals surface area (Å²) in [6, 6.07) is 0. The fourth-order valence-electron chi connectivity index (χ4n) is 0.144. The summed E-state index contributed by atoms with van der Waals surface area (Å²) in [5.41, 5.74) is 2.01. The molecule has 38 valence electrons. The van der Waals surface area contributed by atoms with Gasteiger partial charge >= 0.3 is 0 Å². The third kappa shape index (κ3) is 2.80. The second-order valence-corrected chi connectivity index (χ2v) is 0.813. The average Bonchev–Trinajstić information content (AvgIpc) is 1.68. The van der Waals surface area contributed by atoms with Crippen LogP contribution < -0.4 is 5.11 Å². The Kier molecular flexibility index (Phi) is 2.73. The summed E-state index contributed by atoms with van der Waals surface area (Å²) in [6.45, 7) is 6.45. The molecule has 0 aliphatic rings. The molecule has 0 heterocycles. The van der Waals surface area contributed by atoms with Crippen LogP contribution in [0.1, 0.15) is 0 Å². The molecule has 2 nitrogen and oxygen atoms in total. The summed E-state index contributed by atoms with van der Waals surface area (Å²) in [4.78, 5) is 0. The Balaban J connectivity index is 3.37. The fraction of sp³-hybridized carbons (Fsp3) is 0.200. The van der Waals surface area contributed by atoms with Crippen molar-refractivity contribution in [2.24, 2.45) is 0 Å². The van der Waals surface area contributed by atoms with E-state index in [-0.39, 0.29) is 6.61 Å². The van der Waals surface area contributed by atoms with Gasteiger partial charge in [-0.15, -0.1) is 5.73 Å². The van der Waals surface area contributed by atoms with Crippen LogP contribution in [0.5, 0.6) is 0 Å². The maximum atomic E-state index is 9.98. The van der Waals surface area contributed by atoms with Crippen molar-refractivity contribution in [2.75, 3.05) is 6.61 Å². The average molecular weight is 98.1 g/mol. The van der Waals surface area contributed by atoms with Gasteiger partial charge in [0.1, 0.15) is 6.61 Å². The van der Waals surface area contributed by atoms with Crippen molar-refractivity contribution in [2.45, 2.75) is 0 Å². The molecular weight excluding hydrogens is 92.1 g/mol. The van der Waals surface area contributed by atoms with E-state index in [9.17, 15) is 5.11 Å². The Morgan fingerprint density at radius 3 is 2.71 bits per heavy atom. The van der Waals surface area contributed by atoms with Crippen LogP contribution in [-0.2, 0) is 4.74 Å². The minimum Gasteiger partial charge on any atom is -0.569 e. The van der Waals surface area contributed by atoms with Crippen molar-refractivity contribution in [3.63, 3.8) is 0 Å². The number of hydrogen-bond acceptors (Lipinski definition) is 2. The Hall–Kier alpha value is -1.01. The molecule has 0 saturated carbocycles. The normalized spacial score (nSPS) is 6.86. The number of hydrogen-bond donors (Lipinski definition) is 0. The maximum absolute atomic E-state index is 9.98. The molecule has 0 aliphatic carbocycles. The second kappa shape index (κ2) is 3.19. The lowest BCUT2D eigenvalue weighted by molar-refractivity contribution is -0.355. The molecule has 0 spiro atoms. The quantitative estimate of drug-likeness (QED) is 0.273. The van der Waals surface area contributed by atoms with Crippen LogP contribution >= 0.6 is 0 Å². The first-order chi connectivity index (χ1) is 3.31. The van der Waals surface area contributed by atoms with Crippen molar-refractivity contribution >= 4 is 0 Å². The van der Waals surface area contributed by atoms with E-state index < -0.39 is 5.95 Å². The third-order valence-corrected chi connectivity index (χ3v) is 0.377. The van der Waals surface area contributed by atoms with Gasteiger partial charge in [-0.25, -0.2) is 0 Å². The van der Waals surface area contributed by atoms with Gasteiger partial charge in [-0.1, -0.05) is 6.58 Å². The molecule has 0 bridgehead atoms. The van der Waals surface area contributed by atoms with Crippen LogP contribution in [0.15, 0.2) is 18.3 Å². The van der Waals surface area contributed by atoms with E-state index in [2.05, 4.69) is 18.2 Å². The Morgan fingerprint density at radius 2 is 2.57 bits per heavy atom. The monoisotopic (exact) mass is 98.0 g/mol. The molecule has 0 rings (SSSR count). The highest BCUT2D eigenvalue weighted by Crippen LogP contribution is 1.77. The van der Waals surface area contributed by atoms with Gasteiger partial charge in [-0.2, -0.15) is 0 Å². The zero-order valence-corrected chi connectivity index (χ0v) is 3.94. The summed E-state index contributed by atoms with van der Waals surface area (Å²) in [7, 11) is 0. The van der Waals surface area contributed by atoms with Crippen molar-refractivity contribution < 1.29 is 9.84 Å². The van der Waals surface area contributed by atoms with Gasteiger partial charge in [0, 0.05) is 0 Å². The molecule has 2 heteroatoms. The lowest BCUT2D eigenvalue weighted by Gasteiger charge is -2.03. The highest BCUT2D eigenvalue weighted by molar-refractivity contribution is 4.72. The molecule has 0 aromatic heterocycles. The topological polar surface area (TPSA) is 32.3 Å². The van der Waals surface area contributed by atoms with Crippen molar-refractivity contribution in [3.8, 4) is 0 Å². The van der Waals surface area contributed by atoms with Gasteiger partial charge < -0.3 is 9.84 Å². The predicted molar refractivity (Wildman–Crippen MR) is 24.0 cm³/mol. The highest BCUT2D eigenvalue weighted by Gasteiger charge is 1.70. The summed E-state index contributed by atoms with van der Waals surface area (Å²) in [5.74, 6) is -0.546. The molecule has 0 amide bonds. The number of rotatable bonds is 2. The molecule has 0 aromatic carbocycles. The van der Waals surface area contributed by atoms with Crippen LogP contribution in [-0.4, -0.2) is 6.61 Å². The van der Waals surface area contributed by atoms with Gasteiger partial charge in [0.25, 0.3) is 0 Å². The molecule has 0 radical (unpaired) electrons. The lowest BCUT2D eigenvalue weighted by atomic mass is 10.8. The molecule has 0 unspecified atom stereocenters. The van der Waals surface area contributed by atoms with E-state index in [4.69, 9.17) is 0 Å². The molecule has 0 fully saturated rings. The van der Waals surface area contributed by atoms with Gasteiger partial charge in [-0.05, 0) is 0 Å². The first-order valence-electron chi connectivity index (χ1n) is 1.80. The summed E-state index contributed by atoms with van der Waals surface area (Å²) < 4.78 is 4.27. The lowest BCUT2D eigenvalue weighted by Crippen LogP contribution is -2.05. The van der Waals surface area contributed by atoms with Gasteiger partial charge in [0.2, 0.25) is 0 Å². The van der Waals surface area contributed by atoms with E-state index in [1.165, 1.54) is 0 Å². The second-order valence-electron chi connectivity index (χ2n) is 0.813.